The maximum atomic E-state index is 12.2. The number of nitrogen functional groups attached to an aromatic ring is 1. The molecule has 3 heterocycles. The molecule has 2 atom stereocenters. The van der Waals surface area contributed by atoms with E-state index in [4.69, 9.17) is 38.3 Å². The zero-order valence-electron chi connectivity index (χ0n) is 19.8. The Morgan fingerprint density at radius 3 is 2.41 bits per heavy atom. The Kier molecular flexibility index (Phi) is 7.92. The van der Waals surface area contributed by atoms with Gasteiger partial charge in [0.05, 0.1) is 11.1 Å². The highest BCUT2D eigenvalue weighted by Gasteiger charge is 2.44. The lowest BCUT2D eigenvalue weighted by molar-refractivity contribution is -0.0446. The fraction of sp³-hybridized carbons (Fsp3) is 0.259. The Hall–Kier alpha value is -4.13. The number of benzene rings is 2. The number of nitrogens with two attached hydrogens (primary N) is 1. The molecule has 5 rings (SSSR count). The second kappa shape index (κ2) is 11.3. The average molecular weight is 521 g/mol. The molecular formula is C27H25ClN4O5. The summed E-state index contributed by atoms with van der Waals surface area (Å²) >= 11 is 5.97. The number of nitrogens with zero attached hydrogens (tertiary/aromatic N) is 3. The Labute approximate surface area is 219 Å². The van der Waals surface area contributed by atoms with Crippen LogP contribution in [0.3, 0.4) is 0 Å². The second-order valence-electron chi connectivity index (χ2n) is 8.49. The number of aromatic nitrogens is 2. The van der Waals surface area contributed by atoms with Crippen LogP contribution in [0.15, 0.2) is 60.7 Å². The largest absolute Gasteiger partial charge is 0.478 e. The van der Waals surface area contributed by atoms with E-state index in [1.165, 1.54) is 0 Å². The molecule has 10 heteroatoms. The first-order valence-electron chi connectivity index (χ1n) is 11.6. The van der Waals surface area contributed by atoms with Crippen molar-refractivity contribution in [3.8, 4) is 12.3 Å². The molecule has 1 aromatic heterocycles. The van der Waals surface area contributed by atoms with Crippen LogP contribution in [0.1, 0.15) is 39.1 Å². The van der Waals surface area contributed by atoms with Gasteiger partial charge in [-0.05, 0) is 55.1 Å². The monoisotopic (exact) mass is 520 g/mol. The van der Waals surface area contributed by atoms with Gasteiger partial charge in [0.25, 0.3) is 0 Å². The van der Waals surface area contributed by atoms with E-state index in [2.05, 4.69) is 15.9 Å². The molecule has 1 fully saturated rings. The minimum Gasteiger partial charge on any atom is -0.478 e. The first-order chi connectivity index (χ1) is 17.8. The lowest BCUT2D eigenvalue weighted by atomic mass is 10.0. The van der Waals surface area contributed by atoms with Crippen LogP contribution in [0, 0.1) is 12.3 Å². The van der Waals surface area contributed by atoms with Crippen molar-refractivity contribution >= 4 is 35.2 Å². The van der Waals surface area contributed by atoms with Crippen LogP contribution in [-0.2, 0) is 15.9 Å². The zero-order valence-corrected chi connectivity index (χ0v) is 20.6. The average Bonchev–Trinajstić information content (AvgIpc) is 3.54. The molecule has 3 aromatic rings. The van der Waals surface area contributed by atoms with Gasteiger partial charge in [0.15, 0.2) is 5.60 Å². The third-order valence-corrected chi connectivity index (χ3v) is 6.27. The van der Waals surface area contributed by atoms with Crippen LogP contribution in [0.2, 0.25) is 5.28 Å². The molecule has 2 aliphatic rings. The molecule has 190 valence electrons. The summed E-state index contributed by atoms with van der Waals surface area (Å²) in [7, 11) is 0. The Morgan fingerprint density at radius 2 is 1.81 bits per heavy atom. The number of carbonyl (C=O) groups is 2. The van der Waals surface area contributed by atoms with Crippen molar-refractivity contribution in [3.05, 3.63) is 82.6 Å². The molecule has 1 saturated heterocycles. The number of carboxylic acid groups (broad SMARTS) is 1. The molecule has 0 amide bonds. The van der Waals surface area contributed by atoms with Crippen LogP contribution in [0.5, 0.6) is 0 Å². The fourth-order valence-electron chi connectivity index (χ4n) is 4.19. The van der Waals surface area contributed by atoms with Crippen molar-refractivity contribution in [3.63, 3.8) is 0 Å². The fourth-order valence-corrected chi connectivity index (χ4v) is 4.36. The molecule has 0 radical (unpaired) electrons. The number of aromatic carboxylic acids is 1. The molecule has 2 aromatic carbocycles. The minimum absolute atomic E-state index is 0.0128. The van der Waals surface area contributed by atoms with Crippen LogP contribution >= 0.6 is 11.6 Å². The van der Waals surface area contributed by atoms with Crippen molar-refractivity contribution in [2.24, 2.45) is 0 Å². The van der Waals surface area contributed by atoms with Gasteiger partial charge in [-0.3, -0.25) is 0 Å². The number of fused-ring (bicyclic) bond motifs is 1. The lowest BCUT2D eigenvalue weighted by Gasteiger charge is -2.29. The van der Waals surface area contributed by atoms with Crippen LogP contribution in [-0.4, -0.2) is 52.0 Å². The van der Waals surface area contributed by atoms with Gasteiger partial charge >= 0.3 is 11.9 Å². The quantitative estimate of drug-likeness (QED) is 0.293. The highest BCUT2D eigenvalue weighted by atomic mass is 35.5. The SMILES string of the molecule is C#CC1(COC(=O)c2ccccc2)CCC(N2CCc3c(N)nc(Cl)nc32)O1.O=C(O)c1ccccc1. The number of halogens is 1. The molecule has 2 unspecified atom stereocenters. The molecule has 0 aliphatic carbocycles. The molecule has 0 saturated carbocycles. The van der Waals surface area contributed by atoms with E-state index in [0.29, 0.717) is 48.6 Å². The summed E-state index contributed by atoms with van der Waals surface area (Å²) in [5, 5.41) is 8.48. The van der Waals surface area contributed by atoms with Gasteiger partial charge in [-0.2, -0.15) is 0 Å². The number of hydrogen-bond acceptors (Lipinski definition) is 8. The third-order valence-electron chi connectivity index (χ3n) is 6.10. The smallest absolute Gasteiger partial charge is 0.338 e. The van der Waals surface area contributed by atoms with Crippen LogP contribution < -0.4 is 10.6 Å². The number of carbonyl (C=O) groups excluding carboxylic acids is 1. The summed E-state index contributed by atoms with van der Waals surface area (Å²) in [5.74, 6) is 2.43. The number of carboxylic acids is 1. The lowest BCUT2D eigenvalue weighted by Crippen LogP contribution is -2.40. The second-order valence-corrected chi connectivity index (χ2v) is 8.82. The summed E-state index contributed by atoms with van der Waals surface area (Å²) in [6.45, 7) is 0.671. The zero-order chi connectivity index (χ0) is 26.4. The van der Waals surface area contributed by atoms with Gasteiger partial charge in [0.1, 0.15) is 24.5 Å². The highest BCUT2D eigenvalue weighted by Crippen LogP contribution is 2.39. The van der Waals surface area contributed by atoms with E-state index in [9.17, 15) is 9.59 Å². The molecular weight excluding hydrogens is 496 g/mol. The first kappa shape index (κ1) is 25.9. The number of rotatable bonds is 5. The van der Waals surface area contributed by atoms with E-state index >= 15 is 0 Å². The van der Waals surface area contributed by atoms with Crippen molar-refractivity contribution < 1.29 is 24.2 Å². The summed E-state index contributed by atoms with van der Waals surface area (Å²) in [5.41, 5.74) is 6.65. The van der Waals surface area contributed by atoms with E-state index in [1.807, 2.05) is 11.0 Å². The van der Waals surface area contributed by atoms with E-state index < -0.39 is 17.5 Å². The summed E-state index contributed by atoms with van der Waals surface area (Å²) in [4.78, 5) is 32.7. The number of esters is 1. The Bertz CT molecular complexity index is 1320. The van der Waals surface area contributed by atoms with Crippen molar-refractivity contribution in [1.82, 2.24) is 9.97 Å². The van der Waals surface area contributed by atoms with Gasteiger partial charge in [-0.1, -0.05) is 42.3 Å². The number of anilines is 2. The molecule has 9 nitrogen and oxygen atoms in total. The van der Waals surface area contributed by atoms with Gasteiger partial charge in [-0.15, -0.1) is 6.42 Å². The maximum absolute atomic E-state index is 12.2. The summed E-state index contributed by atoms with van der Waals surface area (Å²) in [6.07, 6.45) is 7.41. The molecule has 2 aliphatic heterocycles. The van der Waals surface area contributed by atoms with Crippen LogP contribution in [0.4, 0.5) is 11.6 Å². The minimum atomic E-state index is -0.972. The van der Waals surface area contributed by atoms with Gasteiger partial charge in [0, 0.05) is 12.1 Å². The summed E-state index contributed by atoms with van der Waals surface area (Å²) < 4.78 is 11.6. The number of terminal acetylenes is 1. The third kappa shape index (κ3) is 6.00. The van der Waals surface area contributed by atoms with E-state index in [1.54, 1.807) is 54.6 Å². The molecule has 0 bridgehead atoms. The normalized spacial score (nSPS) is 19.8. The Balaban J connectivity index is 0.000000301. The standard InChI is InChI=1S/C20H19ClN4O3.C7H6O2/c1-2-20(12-27-18(26)13-6-4-3-5-7-13)10-8-15(28-20)25-11-9-14-16(22)23-19(21)24-17(14)25;8-7(9)6-4-2-1-3-5-6/h1,3-7,15H,8-12H2,(H2,22,23,24);1-5H,(H,8,9). The molecule has 0 spiro atoms. The van der Waals surface area contributed by atoms with Crippen molar-refractivity contribution in [2.45, 2.75) is 31.1 Å². The molecule has 3 N–H and O–H groups in total. The number of ether oxygens (including phenoxy) is 2. The topological polar surface area (TPSA) is 128 Å². The van der Waals surface area contributed by atoms with E-state index in [0.717, 1.165) is 5.56 Å². The van der Waals surface area contributed by atoms with Crippen molar-refractivity contribution in [1.29, 1.82) is 0 Å². The van der Waals surface area contributed by atoms with Crippen LogP contribution in [0.25, 0.3) is 0 Å². The first-order valence-corrected chi connectivity index (χ1v) is 11.9. The van der Waals surface area contributed by atoms with Gasteiger partial charge in [0.2, 0.25) is 5.28 Å². The van der Waals surface area contributed by atoms with Gasteiger partial charge in [-0.25, -0.2) is 19.6 Å². The summed E-state index contributed by atoms with van der Waals surface area (Å²) in [6, 6.07) is 17.1. The predicted molar refractivity (Wildman–Crippen MR) is 138 cm³/mol. The van der Waals surface area contributed by atoms with Gasteiger partial charge < -0.3 is 25.2 Å². The molecule has 37 heavy (non-hydrogen) atoms. The maximum Gasteiger partial charge on any atom is 0.338 e. The predicted octanol–water partition coefficient (Wildman–Crippen LogP) is 3.83. The highest BCUT2D eigenvalue weighted by molar-refractivity contribution is 6.28. The Morgan fingerprint density at radius 1 is 1.16 bits per heavy atom. The van der Waals surface area contributed by atoms with Crippen molar-refractivity contribution in [2.75, 3.05) is 23.8 Å². The number of hydrogen-bond donors (Lipinski definition) is 2. The van der Waals surface area contributed by atoms with E-state index in [-0.39, 0.29) is 18.1 Å².